The van der Waals surface area contributed by atoms with Gasteiger partial charge in [0.15, 0.2) is 0 Å². The van der Waals surface area contributed by atoms with Crippen molar-refractivity contribution < 1.29 is 27.2 Å². The molecule has 2 N–H and O–H groups in total. The topological polar surface area (TPSA) is 58.2 Å². The zero-order valence-electron chi connectivity index (χ0n) is 15.3. The van der Waals surface area contributed by atoms with Gasteiger partial charge in [0.2, 0.25) is 11.8 Å². The van der Waals surface area contributed by atoms with Crippen LogP contribution in [0.4, 0.5) is 28.9 Å². The fraction of sp³-hybridized carbons (Fsp3) is 0.600. The first-order valence-corrected chi connectivity index (χ1v) is 9.58. The fourth-order valence-corrected chi connectivity index (χ4v) is 3.92. The van der Waals surface area contributed by atoms with E-state index in [4.69, 9.17) is 0 Å². The molecule has 1 aromatic rings. The van der Waals surface area contributed by atoms with Crippen molar-refractivity contribution in [2.45, 2.75) is 63.2 Å². The Hall–Kier alpha value is -2.12. The maximum atomic E-state index is 13.5. The van der Waals surface area contributed by atoms with Gasteiger partial charge in [-0.1, -0.05) is 0 Å². The molecule has 2 fully saturated rings. The van der Waals surface area contributed by atoms with Gasteiger partial charge in [0.25, 0.3) is 0 Å². The molecule has 0 spiro atoms. The quantitative estimate of drug-likeness (QED) is 0.731. The van der Waals surface area contributed by atoms with Crippen LogP contribution in [0.2, 0.25) is 0 Å². The van der Waals surface area contributed by atoms with Crippen molar-refractivity contribution in [1.29, 1.82) is 0 Å². The summed E-state index contributed by atoms with van der Waals surface area (Å²) < 4.78 is 53.8. The number of rotatable bonds is 4. The molecule has 2 amide bonds. The minimum Gasteiger partial charge on any atom is -0.326 e. The molecule has 0 radical (unpaired) electrons. The molecule has 0 saturated heterocycles. The summed E-state index contributed by atoms with van der Waals surface area (Å²) in [5, 5.41) is 5.25. The van der Waals surface area contributed by atoms with E-state index in [-0.39, 0.29) is 38.5 Å². The van der Waals surface area contributed by atoms with Gasteiger partial charge in [0, 0.05) is 36.1 Å². The third-order valence-electron chi connectivity index (χ3n) is 5.35. The van der Waals surface area contributed by atoms with E-state index in [0.29, 0.717) is 11.4 Å². The summed E-state index contributed by atoms with van der Waals surface area (Å²) in [6, 6.07) is 6.19. The third-order valence-corrected chi connectivity index (χ3v) is 5.35. The second-order valence-corrected chi connectivity index (χ2v) is 7.75. The number of nitrogens with one attached hydrogen (secondary N) is 2. The largest absolute Gasteiger partial charge is 0.326 e. The van der Waals surface area contributed by atoms with E-state index in [0.717, 1.165) is 0 Å². The molecule has 1 aromatic carbocycles. The number of benzene rings is 1. The summed E-state index contributed by atoms with van der Waals surface area (Å²) in [6.45, 7) is 0. The predicted octanol–water partition coefficient (Wildman–Crippen LogP) is 4.52. The highest BCUT2D eigenvalue weighted by Gasteiger charge is 2.34. The van der Waals surface area contributed by atoms with Crippen molar-refractivity contribution >= 4 is 23.2 Å². The van der Waals surface area contributed by atoms with E-state index in [2.05, 4.69) is 10.6 Å². The minimum atomic E-state index is -1.32. The van der Waals surface area contributed by atoms with Crippen molar-refractivity contribution in [3.05, 3.63) is 24.3 Å². The van der Waals surface area contributed by atoms with Crippen molar-refractivity contribution in [3.8, 4) is 0 Å². The summed E-state index contributed by atoms with van der Waals surface area (Å²) in [6.07, 6.45) is -5.56. The Morgan fingerprint density at radius 3 is 1.18 bits per heavy atom. The Bertz CT molecular complexity index is 621. The molecule has 28 heavy (non-hydrogen) atoms. The van der Waals surface area contributed by atoms with Crippen molar-refractivity contribution in [1.82, 2.24) is 0 Å². The van der Waals surface area contributed by atoms with Gasteiger partial charge in [-0.15, -0.1) is 0 Å². The molecular formula is C20H24F4N2O2. The lowest BCUT2D eigenvalue weighted by Gasteiger charge is -2.26. The smallest absolute Gasteiger partial charge is 0.227 e. The molecule has 3 rings (SSSR count). The zero-order valence-corrected chi connectivity index (χ0v) is 15.3. The molecule has 0 aliphatic heterocycles. The molecule has 0 bridgehead atoms. The van der Waals surface area contributed by atoms with Gasteiger partial charge in [-0.05, 0) is 49.9 Å². The van der Waals surface area contributed by atoms with Crippen molar-refractivity contribution in [2.24, 2.45) is 11.8 Å². The second kappa shape index (κ2) is 8.92. The van der Waals surface area contributed by atoms with E-state index in [1.807, 2.05) is 0 Å². The summed E-state index contributed by atoms with van der Waals surface area (Å²) >= 11 is 0. The van der Waals surface area contributed by atoms with E-state index >= 15 is 0 Å². The van der Waals surface area contributed by atoms with Crippen LogP contribution >= 0.6 is 0 Å². The summed E-state index contributed by atoms with van der Waals surface area (Å²) in [7, 11) is 0. The van der Waals surface area contributed by atoms with Crippen LogP contribution < -0.4 is 10.6 Å². The van der Waals surface area contributed by atoms with Gasteiger partial charge in [-0.3, -0.25) is 9.59 Å². The molecule has 4 unspecified atom stereocenters. The Balaban J connectivity index is 1.53. The minimum absolute atomic E-state index is 0.00686. The molecule has 2 aliphatic carbocycles. The van der Waals surface area contributed by atoms with Crippen LogP contribution in [0, 0.1) is 11.8 Å². The van der Waals surface area contributed by atoms with Gasteiger partial charge in [-0.2, -0.15) is 0 Å². The number of alkyl halides is 4. The van der Waals surface area contributed by atoms with Crippen molar-refractivity contribution in [3.63, 3.8) is 0 Å². The molecule has 0 aromatic heterocycles. The number of halogens is 4. The lowest BCUT2D eigenvalue weighted by Crippen LogP contribution is -2.33. The predicted molar refractivity (Wildman–Crippen MR) is 98.0 cm³/mol. The molecule has 154 valence electrons. The van der Waals surface area contributed by atoms with Gasteiger partial charge in [-0.25, -0.2) is 17.6 Å². The van der Waals surface area contributed by atoms with Crippen LogP contribution in [-0.2, 0) is 9.59 Å². The maximum absolute atomic E-state index is 13.5. The first-order valence-electron chi connectivity index (χ1n) is 9.58. The summed E-state index contributed by atoms with van der Waals surface area (Å²) in [5.41, 5.74) is 0.870. The van der Waals surface area contributed by atoms with E-state index < -0.39 is 48.3 Å². The number of amides is 2. The summed E-state index contributed by atoms with van der Waals surface area (Å²) in [4.78, 5) is 24.4. The van der Waals surface area contributed by atoms with Crippen LogP contribution in [0.5, 0.6) is 0 Å². The van der Waals surface area contributed by atoms with Gasteiger partial charge >= 0.3 is 0 Å². The molecule has 4 atom stereocenters. The number of hydrogen-bond acceptors (Lipinski definition) is 2. The van der Waals surface area contributed by atoms with E-state index in [1.165, 1.54) is 0 Å². The van der Waals surface area contributed by atoms with Gasteiger partial charge < -0.3 is 10.6 Å². The van der Waals surface area contributed by atoms with E-state index in [1.54, 1.807) is 24.3 Å². The molecule has 4 nitrogen and oxygen atoms in total. The van der Waals surface area contributed by atoms with Crippen LogP contribution in [0.15, 0.2) is 24.3 Å². The second-order valence-electron chi connectivity index (χ2n) is 7.75. The highest BCUT2D eigenvalue weighted by molar-refractivity contribution is 5.94. The first kappa shape index (κ1) is 20.6. The lowest BCUT2D eigenvalue weighted by atomic mass is 9.86. The lowest BCUT2D eigenvalue weighted by molar-refractivity contribution is -0.123. The maximum Gasteiger partial charge on any atom is 0.227 e. The van der Waals surface area contributed by atoms with Crippen LogP contribution in [0.1, 0.15) is 38.5 Å². The third kappa shape index (κ3) is 5.45. The SMILES string of the molecule is O=C(Nc1ccc(NC(=O)C2CC(F)CC(F)C2)cc1)C1CC(F)CC(F)C1. The van der Waals surface area contributed by atoms with Crippen molar-refractivity contribution in [2.75, 3.05) is 10.6 Å². The number of hydrogen-bond donors (Lipinski definition) is 2. The van der Waals surface area contributed by atoms with Crippen LogP contribution in [0.25, 0.3) is 0 Å². The average molecular weight is 400 g/mol. The normalized spacial score (nSPS) is 33.1. The first-order chi connectivity index (χ1) is 13.3. The van der Waals surface area contributed by atoms with E-state index in [9.17, 15) is 27.2 Å². The summed E-state index contributed by atoms with van der Waals surface area (Å²) in [5.74, 6) is -2.31. The Morgan fingerprint density at radius 2 is 0.893 bits per heavy atom. The highest BCUT2D eigenvalue weighted by Crippen LogP contribution is 2.31. The van der Waals surface area contributed by atoms with Gasteiger partial charge in [0.1, 0.15) is 24.7 Å². The highest BCUT2D eigenvalue weighted by atomic mass is 19.2. The Labute approximate surface area is 161 Å². The average Bonchev–Trinajstić information content (AvgIpc) is 2.61. The molecule has 0 heterocycles. The Kier molecular flexibility index (Phi) is 6.57. The molecular weight excluding hydrogens is 376 g/mol. The zero-order chi connectivity index (χ0) is 20.3. The number of carbonyl (C=O) groups excluding carboxylic acids is 2. The molecule has 8 heteroatoms. The number of carbonyl (C=O) groups is 2. The molecule has 2 aliphatic rings. The Morgan fingerprint density at radius 1 is 0.607 bits per heavy atom. The van der Waals surface area contributed by atoms with Gasteiger partial charge in [0.05, 0.1) is 0 Å². The van der Waals surface area contributed by atoms with Crippen LogP contribution in [0.3, 0.4) is 0 Å². The van der Waals surface area contributed by atoms with Crippen LogP contribution in [-0.4, -0.2) is 36.5 Å². The fourth-order valence-electron chi connectivity index (χ4n) is 3.92. The number of anilines is 2. The standard InChI is InChI=1S/C20H24F4N2O2/c21-13-5-11(6-14(22)9-13)19(27)25-17-1-2-18(4-3-17)26-20(28)12-7-15(23)10-16(24)8-12/h1-4,11-16H,5-10H2,(H,25,27)(H,26,28). The molecule has 2 saturated carbocycles. The monoisotopic (exact) mass is 400 g/mol.